The van der Waals surface area contributed by atoms with Gasteiger partial charge in [0.15, 0.2) is 0 Å². The summed E-state index contributed by atoms with van der Waals surface area (Å²) in [4.78, 5) is 1.86. The van der Waals surface area contributed by atoms with E-state index in [9.17, 15) is 8.78 Å². The lowest BCUT2D eigenvalue weighted by Gasteiger charge is -2.32. The fourth-order valence-electron chi connectivity index (χ4n) is 2.88. The molecule has 0 aliphatic carbocycles. The SMILES string of the molecule is FC1(F)CCCN(Cc2ccc(Br)c3ccccc23)C1. The molecule has 2 aromatic carbocycles. The molecule has 0 atom stereocenters. The summed E-state index contributed by atoms with van der Waals surface area (Å²) in [5, 5.41) is 2.27. The van der Waals surface area contributed by atoms with Crippen LogP contribution in [0.25, 0.3) is 10.8 Å². The third kappa shape index (κ3) is 2.86. The first kappa shape index (κ1) is 14.0. The first-order valence-electron chi connectivity index (χ1n) is 6.81. The molecule has 1 aliphatic heterocycles. The molecule has 0 spiro atoms. The number of hydrogen-bond donors (Lipinski definition) is 0. The minimum Gasteiger partial charge on any atom is -0.293 e. The van der Waals surface area contributed by atoms with Crippen molar-refractivity contribution in [2.24, 2.45) is 0 Å². The van der Waals surface area contributed by atoms with Crippen molar-refractivity contribution in [1.29, 1.82) is 0 Å². The van der Waals surface area contributed by atoms with E-state index in [4.69, 9.17) is 0 Å². The Labute approximate surface area is 125 Å². The minimum absolute atomic E-state index is 0.0184. The summed E-state index contributed by atoms with van der Waals surface area (Å²) in [5.41, 5.74) is 1.11. The molecule has 2 aromatic rings. The Kier molecular flexibility index (Phi) is 3.78. The number of nitrogens with zero attached hydrogens (tertiary/aromatic N) is 1. The van der Waals surface area contributed by atoms with Crippen molar-refractivity contribution in [2.45, 2.75) is 25.3 Å². The highest BCUT2D eigenvalue weighted by atomic mass is 79.9. The van der Waals surface area contributed by atoms with Crippen LogP contribution in [-0.2, 0) is 6.54 Å². The molecule has 3 rings (SSSR count). The number of rotatable bonds is 2. The topological polar surface area (TPSA) is 3.24 Å². The third-order valence-electron chi connectivity index (χ3n) is 3.83. The van der Waals surface area contributed by atoms with Crippen molar-refractivity contribution < 1.29 is 8.78 Å². The van der Waals surface area contributed by atoms with E-state index in [1.54, 1.807) is 0 Å². The summed E-state index contributed by atoms with van der Waals surface area (Å²) < 4.78 is 28.0. The van der Waals surface area contributed by atoms with Crippen LogP contribution >= 0.6 is 15.9 Å². The van der Waals surface area contributed by atoms with E-state index in [0.29, 0.717) is 13.0 Å². The van der Waals surface area contributed by atoms with Gasteiger partial charge < -0.3 is 0 Å². The predicted octanol–water partition coefficient (Wildman–Crippen LogP) is 4.83. The summed E-state index contributed by atoms with van der Waals surface area (Å²) in [7, 11) is 0. The summed E-state index contributed by atoms with van der Waals surface area (Å²) >= 11 is 3.54. The zero-order valence-corrected chi connectivity index (χ0v) is 12.7. The highest BCUT2D eigenvalue weighted by Gasteiger charge is 2.34. The molecule has 106 valence electrons. The van der Waals surface area contributed by atoms with Gasteiger partial charge in [-0.3, -0.25) is 4.90 Å². The van der Waals surface area contributed by atoms with Gasteiger partial charge in [-0.05, 0) is 35.4 Å². The average molecular weight is 340 g/mol. The first-order valence-corrected chi connectivity index (χ1v) is 7.61. The number of fused-ring (bicyclic) bond motifs is 1. The highest BCUT2D eigenvalue weighted by molar-refractivity contribution is 9.10. The van der Waals surface area contributed by atoms with Gasteiger partial charge in [-0.25, -0.2) is 8.78 Å². The molecule has 1 fully saturated rings. The zero-order chi connectivity index (χ0) is 14.2. The molecule has 0 aromatic heterocycles. The van der Waals surface area contributed by atoms with Crippen LogP contribution < -0.4 is 0 Å². The van der Waals surface area contributed by atoms with Gasteiger partial charge in [0, 0.05) is 17.4 Å². The second kappa shape index (κ2) is 5.41. The number of alkyl halides is 2. The molecule has 1 nitrogen and oxygen atoms in total. The van der Waals surface area contributed by atoms with Crippen LogP contribution in [0.1, 0.15) is 18.4 Å². The quantitative estimate of drug-likeness (QED) is 0.757. The van der Waals surface area contributed by atoms with Gasteiger partial charge in [0.05, 0.1) is 6.54 Å². The van der Waals surface area contributed by atoms with Crippen molar-refractivity contribution in [3.8, 4) is 0 Å². The molecule has 0 radical (unpaired) electrons. The Morgan fingerprint density at radius 3 is 2.60 bits per heavy atom. The number of halogens is 3. The zero-order valence-electron chi connectivity index (χ0n) is 11.1. The Morgan fingerprint density at radius 2 is 1.85 bits per heavy atom. The summed E-state index contributed by atoms with van der Waals surface area (Å²) in [6.07, 6.45) is 0.589. The molecule has 1 saturated heterocycles. The molecule has 0 bridgehead atoms. The van der Waals surface area contributed by atoms with Crippen LogP contribution in [0.2, 0.25) is 0 Å². The maximum Gasteiger partial charge on any atom is 0.260 e. The first-order chi connectivity index (χ1) is 9.55. The molecule has 1 aliphatic rings. The fraction of sp³-hybridized carbons (Fsp3) is 0.375. The van der Waals surface area contributed by atoms with Crippen molar-refractivity contribution in [3.05, 3.63) is 46.4 Å². The van der Waals surface area contributed by atoms with E-state index in [1.807, 2.05) is 35.2 Å². The normalized spacial score (nSPS) is 19.4. The van der Waals surface area contributed by atoms with Gasteiger partial charge in [0.1, 0.15) is 0 Å². The van der Waals surface area contributed by atoms with E-state index in [1.165, 1.54) is 0 Å². The van der Waals surface area contributed by atoms with Gasteiger partial charge >= 0.3 is 0 Å². The molecular weight excluding hydrogens is 324 g/mol. The number of piperidine rings is 1. The van der Waals surface area contributed by atoms with E-state index < -0.39 is 5.92 Å². The molecule has 0 N–H and O–H groups in total. The number of benzene rings is 2. The Bertz CT molecular complexity index is 627. The van der Waals surface area contributed by atoms with Crippen LogP contribution in [0.15, 0.2) is 40.9 Å². The molecular formula is C16H16BrF2N. The molecule has 0 saturated carbocycles. The van der Waals surface area contributed by atoms with Crippen LogP contribution in [0, 0.1) is 0 Å². The lowest BCUT2D eigenvalue weighted by atomic mass is 10.0. The van der Waals surface area contributed by atoms with Gasteiger partial charge in [0.25, 0.3) is 5.92 Å². The highest BCUT2D eigenvalue weighted by Crippen LogP contribution is 2.31. The van der Waals surface area contributed by atoms with E-state index in [2.05, 4.69) is 22.0 Å². The van der Waals surface area contributed by atoms with E-state index in [0.717, 1.165) is 27.4 Å². The lowest BCUT2D eigenvalue weighted by Crippen LogP contribution is -2.42. The lowest BCUT2D eigenvalue weighted by molar-refractivity contribution is -0.0660. The van der Waals surface area contributed by atoms with E-state index in [-0.39, 0.29) is 13.0 Å². The Balaban J connectivity index is 1.90. The summed E-state index contributed by atoms with van der Waals surface area (Å²) in [5.74, 6) is -2.54. The minimum atomic E-state index is -2.54. The van der Waals surface area contributed by atoms with Gasteiger partial charge in [-0.2, -0.15) is 0 Å². The molecule has 0 amide bonds. The third-order valence-corrected chi connectivity index (χ3v) is 4.52. The van der Waals surface area contributed by atoms with Crippen molar-refractivity contribution in [2.75, 3.05) is 13.1 Å². The van der Waals surface area contributed by atoms with E-state index >= 15 is 0 Å². The number of likely N-dealkylation sites (tertiary alicyclic amines) is 1. The molecule has 1 heterocycles. The Morgan fingerprint density at radius 1 is 1.10 bits per heavy atom. The predicted molar refractivity (Wildman–Crippen MR) is 81.1 cm³/mol. The maximum absolute atomic E-state index is 13.5. The molecule has 4 heteroatoms. The van der Waals surface area contributed by atoms with Crippen molar-refractivity contribution in [1.82, 2.24) is 4.90 Å². The Hall–Kier alpha value is -1.00. The molecule has 0 unspecified atom stereocenters. The second-order valence-electron chi connectivity index (χ2n) is 5.42. The van der Waals surface area contributed by atoms with Crippen LogP contribution in [0.5, 0.6) is 0 Å². The van der Waals surface area contributed by atoms with Gasteiger partial charge in [0.2, 0.25) is 0 Å². The standard InChI is InChI=1S/C16H16BrF2N/c17-15-7-6-12(13-4-1-2-5-14(13)15)10-20-9-3-8-16(18,19)11-20/h1-2,4-7H,3,8-11H2. The largest absolute Gasteiger partial charge is 0.293 e. The van der Waals surface area contributed by atoms with Gasteiger partial charge in [-0.1, -0.05) is 46.3 Å². The summed E-state index contributed by atoms with van der Waals surface area (Å²) in [6, 6.07) is 12.1. The smallest absolute Gasteiger partial charge is 0.260 e. The van der Waals surface area contributed by atoms with Gasteiger partial charge in [-0.15, -0.1) is 0 Å². The maximum atomic E-state index is 13.5. The summed E-state index contributed by atoms with van der Waals surface area (Å²) in [6.45, 7) is 1.21. The second-order valence-corrected chi connectivity index (χ2v) is 6.28. The van der Waals surface area contributed by atoms with Crippen LogP contribution in [-0.4, -0.2) is 23.9 Å². The van der Waals surface area contributed by atoms with Crippen molar-refractivity contribution in [3.63, 3.8) is 0 Å². The monoisotopic (exact) mass is 339 g/mol. The fourth-order valence-corrected chi connectivity index (χ4v) is 3.36. The number of hydrogen-bond acceptors (Lipinski definition) is 1. The van der Waals surface area contributed by atoms with Crippen LogP contribution in [0.4, 0.5) is 8.78 Å². The molecule has 20 heavy (non-hydrogen) atoms. The average Bonchev–Trinajstić information content (AvgIpc) is 2.41. The van der Waals surface area contributed by atoms with Crippen LogP contribution in [0.3, 0.4) is 0 Å². The van der Waals surface area contributed by atoms with Crippen molar-refractivity contribution >= 4 is 26.7 Å².